The van der Waals surface area contributed by atoms with Crippen molar-refractivity contribution in [2.24, 2.45) is 5.73 Å². The largest absolute Gasteiger partial charge is 0.349 e. The molecule has 0 aromatic carbocycles. The molecule has 0 spiro atoms. The third-order valence-corrected chi connectivity index (χ3v) is 6.65. The van der Waals surface area contributed by atoms with E-state index in [1.165, 1.54) is 0 Å². The number of hydrogen-bond donors (Lipinski definition) is 1. The van der Waals surface area contributed by atoms with Crippen LogP contribution >= 0.6 is 22.7 Å². The molecule has 0 radical (unpaired) electrons. The molecule has 0 saturated heterocycles. The second-order valence-electron chi connectivity index (χ2n) is 5.88. The molecule has 0 unspecified atom stereocenters. The van der Waals surface area contributed by atoms with Crippen LogP contribution in [0.5, 0.6) is 0 Å². The maximum Gasteiger partial charge on any atom is 0.268 e. The first-order chi connectivity index (χ1) is 11.1. The molecule has 122 valence electrons. The molecule has 3 heterocycles. The minimum Gasteiger partial charge on any atom is -0.349 e. The normalized spacial score (nSPS) is 16.7. The fraction of sp³-hybridized carbons (Fsp3) is 0.533. The van der Waals surface area contributed by atoms with Gasteiger partial charge in [-0.1, -0.05) is 16.5 Å². The van der Waals surface area contributed by atoms with Gasteiger partial charge in [0.15, 0.2) is 11.0 Å². The van der Waals surface area contributed by atoms with E-state index < -0.39 is 0 Å². The van der Waals surface area contributed by atoms with Crippen LogP contribution in [0.2, 0.25) is 0 Å². The van der Waals surface area contributed by atoms with Gasteiger partial charge in [-0.05, 0) is 39.2 Å². The summed E-state index contributed by atoms with van der Waals surface area (Å²) in [6, 6.07) is 2.09. The van der Waals surface area contributed by atoms with Crippen molar-refractivity contribution in [2.45, 2.75) is 38.6 Å². The molecule has 0 bridgehead atoms. The van der Waals surface area contributed by atoms with Crippen molar-refractivity contribution in [3.05, 3.63) is 11.9 Å². The van der Waals surface area contributed by atoms with Crippen LogP contribution in [0.3, 0.4) is 0 Å². The summed E-state index contributed by atoms with van der Waals surface area (Å²) in [5.74, 6) is 1.18. The zero-order valence-corrected chi connectivity index (χ0v) is 14.8. The predicted octanol–water partition coefficient (Wildman–Crippen LogP) is 3.59. The standard InChI is InChI=1S/C15H19N5OS2/c1-3-20(4-2)14-18-12-10(23-14)8-9(22-12)11-17-13(19-21-11)15(16)6-5-7-15/h8H,3-7,16H2,1-2H3. The molecule has 1 aliphatic rings. The van der Waals surface area contributed by atoms with Crippen molar-refractivity contribution >= 4 is 37.3 Å². The molecular weight excluding hydrogens is 330 g/mol. The topological polar surface area (TPSA) is 81.1 Å². The van der Waals surface area contributed by atoms with Gasteiger partial charge in [-0.2, -0.15) is 4.98 Å². The van der Waals surface area contributed by atoms with E-state index >= 15 is 0 Å². The maximum atomic E-state index is 6.26. The monoisotopic (exact) mass is 349 g/mol. The second-order valence-corrected chi connectivity index (χ2v) is 7.92. The van der Waals surface area contributed by atoms with E-state index in [1.54, 1.807) is 22.7 Å². The Kier molecular flexibility index (Phi) is 3.62. The Hall–Kier alpha value is -1.51. The van der Waals surface area contributed by atoms with Crippen molar-refractivity contribution in [3.63, 3.8) is 0 Å². The van der Waals surface area contributed by atoms with Crippen molar-refractivity contribution in [2.75, 3.05) is 18.0 Å². The molecule has 1 aliphatic carbocycles. The Balaban J connectivity index is 1.63. The Labute approximate surface area is 142 Å². The molecule has 1 saturated carbocycles. The molecule has 23 heavy (non-hydrogen) atoms. The number of anilines is 1. The molecule has 0 atom stereocenters. The molecule has 1 fully saturated rings. The van der Waals surface area contributed by atoms with E-state index in [9.17, 15) is 0 Å². The van der Waals surface area contributed by atoms with Gasteiger partial charge in [-0.15, -0.1) is 11.3 Å². The number of rotatable bonds is 5. The van der Waals surface area contributed by atoms with Crippen LogP contribution in [0.15, 0.2) is 10.6 Å². The van der Waals surface area contributed by atoms with E-state index in [2.05, 4.69) is 35.0 Å². The molecule has 4 rings (SSSR count). The number of nitrogens with zero attached hydrogens (tertiary/aromatic N) is 4. The van der Waals surface area contributed by atoms with Crippen LogP contribution < -0.4 is 10.6 Å². The summed E-state index contributed by atoms with van der Waals surface area (Å²) in [5, 5.41) is 5.16. The van der Waals surface area contributed by atoms with E-state index in [0.29, 0.717) is 11.7 Å². The second kappa shape index (κ2) is 5.54. The summed E-state index contributed by atoms with van der Waals surface area (Å²) < 4.78 is 6.59. The number of thiazole rings is 1. The van der Waals surface area contributed by atoms with Crippen molar-refractivity contribution in [1.82, 2.24) is 15.1 Å². The highest BCUT2D eigenvalue weighted by molar-refractivity contribution is 7.30. The first-order valence-electron chi connectivity index (χ1n) is 7.91. The van der Waals surface area contributed by atoms with Crippen LogP contribution in [0, 0.1) is 0 Å². The molecule has 2 N–H and O–H groups in total. The van der Waals surface area contributed by atoms with E-state index in [1.807, 2.05) is 0 Å². The average Bonchev–Trinajstić information content (AvgIpc) is 3.19. The van der Waals surface area contributed by atoms with Crippen LogP contribution in [0.1, 0.15) is 38.9 Å². The van der Waals surface area contributed by atoms with E-state index in [4.69, 9.17) is 15.2 Å². The molecule has 3 aromatic rings. The Morgan fingerprint density at radius 3 is 2.65 bits per heavy atom. The summed E-state index contributed by atoms with van der Waals surface area (Å²) >= 11 is 3.30. The lowest BCUT2D eigenvalue weighted by molar-refractivity contribution is 0.229. The summed E-state index contributed by atoms with van der Waals surface area (Å²) in [5.41, 5.74) is 5.87. The smallest absolute Gasteiger partial charge is 0.268 e. The van der Waals surface area contributed by atoms with E-state index in [0.717, 1.165) is 51.9 Å². The number of aromatic nitrogens is 3. The van der Waals surface area contributed by atoms with Crippen LogP contribution in [0.4, 0.5) is 5.13 Å². The van der Waals surface area contributed by atoms with Gasteiger partial charge in [-0.25, -0.2) is 4.98 Å². The number of hydrogen-bond acceptors (Lipinski definition) is 8. The zero-order chi connectivity index (χ0) is 16.0. The highest BCUT2D eigenvalue weighted by Crippen LogP contribution is 2.41. The van der Waals surface area contributed by atoms with Gasteiger partial charge in [0.05, 0.1) is 15.1 Å². The van der Waals surface area contributed by atoms with Gasteiger partial charge in [0.25, 0.3) is 5.89 Å². The Morgan fingerprint density at radius 1 is 1.26 bits per heavy atom. The molecule has 3 aromatic heterocycles. The molecule has 0 amide bonds. The van der Waals surface area contributed by atoms with Crippen molar-refractivity contribution in [1.29, 1.82) is 0 Å². The lowest BCUT2D eigenvalue weighted by Crippen LogP contribution is -2.44. The summed E-state index contributed by atoms with van der Waals surface area (Å²) in [6.45, 7) is 6.23. The highest BCUT2D eigenvalue weighted by atomic mass is 32.1. The van der Waals surface area contributed by atoms with Gasteiger partial charge < -0.3 is 15.2 Å². The van der Waals surface area contributed by atoms with Gasteiger partial charge in [0.1, 0.15) is 4.83 Å². The minimum atomic E-state index is -0.384. The predicted molar refractivity (Wildman–Crippen MR) is 94.1 cm³/mol. The summed E-state index contributed by atoms with van der Waals surface area (Å²) in [7, 11) is 0. The van der Waals surface area contributed by atoms with Crippen molar-refractivity contribution < 1.29 is 4.52 Å². The maximum absolute atomic E-state index is 6.26. The SMILES string of the molecule is CCN(CC)c1nc2sc(-c3nc(C4(N)CCC4)no3)cc2s1. The van der Waals surface area contributed by atoms with Gasteiger partial charge in [0, 0.05) is 13.1 Å². The van der Waals surface area contributed by atoms with Gasteiger partial charge in [0.2, 0.25) is 0 Å². The van der Waals surface area contributed by atoms with Gasteiger partial charge >= 0.3 is 0 Å². The van der Waals surface area contributed by atoms with Crippen LogP contribution in [0.25, 0.3) is 20.3 Å². The fourth-order valence-corrected chi connectivity index (χ4v) is 5.03. The zero-order valence-electron chi connectivity index (χ0n) is 13.2. The summed E-state index contributed by atoms with van der Waals surface area (Å²) in [6.07, 6.45) is 2.99. The molecule has 0 aliphatic heterocycles. The first kappa shape index (κ1) is 15.0. The van der Waals surface area contributed by atoms with Gasteiger partial charge in [-0.3, -0.25) is 0 Å². The Bertz CT molecular complexity index is 797. The lowest BCUT2D eigenvalue weighted by atomic mass is 9.77. The average molecular weight is 349 g/mol. The quantitative estimate of drug-likeness (QED) is 0.758. The number of fused-ring (bicyclic) bond motifs is 1. The third-order valence-electron chi connectivity index (χ3n) is 4.44. The number of nitrogens with two attached hydrogens (primary N) is 1. The molecular formula is C15H19N5OS2. The summed E-state index contributed by atoms with van der Waals surface area (Å²) in [4.78, 5) is 13.5. The Morgan fingerprint density at radius 2 is 2.04 bits per heavy atom. The van der Waals surface area contributed by atoms with E-state index in [-0.39, 0.29) is 5.54 Å². The molecule has 8 heteroatoms. The highest BCUT2D eigenvalue weighted by Gasteiger charge is 2.39. The third kappa shape index (κ3) is 2.45. The van der Waals surface area contributed by atoms with Crippen molar-refractivity contribution in [3.8, 4) is 10.8 Å². The lowest BCUT2D eigenvalue weighted by Gasteiger charge is -2.34. The van der Waals surface area contributed by atoms with Crippen LogP contribution in [-0.4, -0.2) is 28.2 Å². The fourth-order valence-electron chi connectivity index (χ4n) is 2.77. The number of thiophene rings is 1. The first-order valence-corrected chi connectivity index (χ1v) is 9.55. The minimum absolute atomic E-state index is 0.384. The van der Waals surface area contributed by atoms with Crippen LogP contribution in [-0.2, 0) is 5.54 Å². The molecule has 6 nitrogen and oxygen atoms in total.